The molecule has 110 valence electrons. The van der Waals surface area contributed by atoms with Gasteiger partial charge in [0.15, 0.2) is 6.61 Å². The van der Waals surface area contributed by atoms with Crippen molar-refractivity contribution in [3.8, 4) is 11.5 Å². The Morgan fingerprint density at radius 3 is 2.30 bits per heavy atom. The van der Waals surface area contributed by atoms with Crippen LogP contribution in [-0.4, -0.2) is 36.7 Å². The van der Waals surface area contributed by atoms with Gasteiger partial charge >= 0.3 is 5.97 Å². The number of carbonyl (C=O) groups is 2. The first-order valence-corrected chi connectivity index (χ1v) is 6.46. The summed E-state index contributed by atoms with van der Waals surface area (Å²) in [6.07, 6.45) is 0.449. The van der Waals surface area contributed by atoms with E-state index in [4.69, 9.17) is 14.6 Å². The van der Waals surface area contributed by atoms with Crippen molar-refractivity contribution in [2.24, 2.45) is 0 Å². The van der Waals surface area contributed by atoms with Gasteiger partial charge in [-0.05, 0) is 37.6 Å². The third-order valence-electron chi connectivity index (χ3n) is 2.39. The van der Waals surface area contributed by atoms with Gasteiger partial charge in [0.05, 0.1) is 6.61 Å². The molecule has 6 nitrogen and oxygen atoms in total. The number of aliphatic carboxylic acids is 1. The monoisotopic (exact) mass is 281 g/mol. The molecular formula is C14H19NO5. The lowest BCUT2D eigenvalue weighted by atomic mass is 10.3. The summed E-state index contributed by atoms with van der Waals surface area (Å²) in [7, 11) is 0. The molecule has 2 N–H and O–H groups in total. The van der Waals surface area contributed by atoms with Crippen molar-refractivity contribution < 1.29 is 24.2 Å². The van der Waals surface area contributed by atoms with Crippen LogP contribution in [0.25, 0.3) is 0 Å². The molecule has 0 spiro atoms. The van der Waals surface area contributed by atoms with Crippen LogP contribution >= 0.6 is 0 Å². The predicted octanol–water partition coefficient (Wildman–Crippen LogP) is 1.45. The Hall–Kier alpha value is -2.24. The molecule has 1 rings (SSSR count). The highest BCUT2D eigenvalue weighted by Gasteiger charge is 2.03. The first-order chi connectivity index (χ1) is 9.61. The van der Waals surface area contributed by atoms with E-state index < -0.39 is 5.97 Å². The number of ether oxygens (including phenoxy) is 2. The minimum Gasteiger partial charge on any atom is -0.494 e. The summed E-state index contributed by atoms with van der Waals surface area (Å²) in [5.74, 6) is 0.182. The van der Waals surface area contributed by atoms with Crippen LogP contribution in [0, 0.1) is 0 Å². The molecule has 0 aliphatic heterocycles. The minimum atomic E-state index is -0.870. The Labute approximate surface area is 117 Å². The van der Waals surface area contributed by atoms with Crippen LogP contribution in [0.4, 0.5) is 0 Å². The summed E-state index contributed by atoms with van der Waals surface area (Å²) in [6.45, 7) is 2.73. The molecule has 0 radical (unpaired) electrons. The van der Waals surface area contributed by atoms with E-state index in [1.807, 2.05) is 6.92 Å². The Morgan fingerprint density at radius 2 is 1.75 bits per heavy atom. The van der Waals surface area contributed by atoms with E-state index in [1.54, 1.807) is 24.3 Å². The number of hydrogen-bond donors (Lipinski definition) is 2. The summed E-state index contributed by atoms with van der Waals surface area (Å²) in [6, 6.07) is 6.98. The number of benzene rings is 1. The fourth-order valence-corrected chi connectivity index (χ4v) is 1.47. The Bertz CT molecular complexity index is 430. The van der Waals surface area contributed by atoms with Crippen LogP contribution in [0.2, 0.25) is 0 Å². The summed E-state index contributed by atoms with van der Waals surface area (Å²) >= 11 is 0. The SMILES string of the molecule is CCOc1ccc(OCC(=O)NCCCC(=O)O)cc1. The van der Waals surface area contributed by atoms with E-state index in [9.17, 15) is 9.59 Å². The van der Waals surface area contributed by atoms with Crippen LogP contribution in [0.1, 0.15) is 19.8 Å². The molecule has 6 heteroatoms. The molecule has 0 fully saturated rings. The van der Waals surface area contributed by atoms with Gasteiger partial charge < -0.3 is 19.9 Å². The maximum absolute atomic E-state index is 11.4. The van der Waals surface area contributed by atoms with Gasteiger partial charge in [-0.2, -0.15) is 0 Å². The van der Waals surface area contributed by atoms with Gasteiger partial charge in [-0.3, -0.25) is 9.59 Å². The first-order valence-electron chi connectivity index (χ1n) is 6.46. The molecule has 0 aliphatic rings. The van der Waals surface area contributed by atoms with E-state index in [1.165, 1.54) is 0 Å². The molecule has 20 heavy (non-hydrogen) atoms. The van der Waals surface area contributed by atoms with Crippen molar-refractivity contribution in [2.45, 2.75) is 19.8 Å². The molecule has 0 aliphatic carbocycles. The molecule has 0 aromatic heterocycles. The number of rotatable bonds is 9. The fraction of sp³-hybridized carbons (Fsp3) is 0.429. The van der Waals surface area contributed by atoms with Crippen LogP contribution in [0.5, 0.6) is 11.5 Å². The van der Waals surface area contributed by atoms with Gasteiger partial charge in [-0.15, -0.1) is 0 Å². The highest BCUT2D eigenvalue weighted by atomic mass is 16.5. The highest BCUT2D eigenvalue weighted by molar-refractivity contribution is 5.77. The van der Waals surface area contributed by atoms with Crippen LogP contribution in [-0.2, 0) is 9.59 Å². The van der Waals surface area contributed by atoms with Crippen molar-refractivity contribution in [2.75, 3.05) is 19.8 Å². The second-order valence-electron chi connectivity index (χ2n) is 4.04. The number of carbonyl (C=O) groups excluding carboxylic acids is 1. The molecular weight excluding hydrogens is 262 g/mol. The quantitative estimate of drug-likeness (QED) is 0.669. The van der Waals surface area contributed by atoms with Gasteiger partial charge in [0.1, 0.15) is 11.5 Å². The van der Waals surface area contributed by atoms with Gasteiger partial charge in [0.2, 0.25) is 0 Å². The normalized spacial score (nSPS) is 9.85. The molecule has 1 amide bonds. The number of nitrogens with one attached hydrogen (secondary N) is 1. The Balaban J connectivity index is 2.21. The van der Waals surface area contributed by atoms with E-state index >= 15 is 0 Å². The summed E-state index contributed by atoms with van der Waals surface area (Å²) in [5.41, 5.74) is 0. The minimum absolute atomic E-state index is 0.0417. The number of amides is 1. The van der Waals surface area contributed by atoms with Gasteiger partial charge in [-0.25, -0.2) is 0 Å². The van der Waals surface area contributed by atoms with Crippen molar-refractivity contribution in [3.63, 3.8) is 0 Å². The van der Waals surface area contributed by atoms with Gasteiger partial charge in [0.25, 0.3) is 5.91 Å². The molecule has 0 heterocycles. The zero-order valence-corrected chi connectivity index (χ0v) is 11.4. The Kier molecular flexibility index (Phi) is 6.95. The van der Waals surface area contributed by atoms with Crippen molar-refractivity contribution in [1.29, 1.82) is 0 Å². The Morgan fingerprint density at radius 1 is 1.15 bits per heavy atom. The van der Waals surface area contributed by atoms with Crippen LogP contribution in [0.15, 0.2) is 24.3 Å². The van der Waals surface area contributed by atoms with E-state index in [0.29, 0.717) is 25.3 Å². The van der Waals surface area contributed by atoms with Crippen LogP contribution in [0.3, 0.4) is 0 Å². The molecule has 0 unspecified atom stereocenters. The lowest BCUT2D eigenvalue weighted by molar-refractivity contribution is -0.137. The van der Waals surface area contributed by atoms with Crippen molar-refractivity contribution in [1.82, 2.24) is 5.32 Å². The molecule has 0 bridgehead atoms. The second-order valence-corrected chi connectivity index (χ2v) is 4.04. The summed E-state index contributed by atoms with van der Waals surface area (Å²) < 4.78 is 10.6. The number of carboxylic acids is 1. The third kappa shape index (κ3) is 6.63. The summed E-state index contributed by atoms with van der Waals surface area (Å²) in [5, 5.41) is 11.0. The van der Waals surface area contributed by atoms with E-state index in [2.05, 4.69) is 5.32 Å². The standard InChI is InChI=1S/C14H19NO5/c1-2-19-11-5-7-12(8-6-11)20-10-13(16)15-9-3-4-14(17)18/h5-8H,2-4,9-10H2,1H3,(H,15,16)(H,17,18). The lowest BCUT2D eigenvalue weighted by Crippen LogP contribution is -2.29. The zero-order valence-electron chi connectivity index (χ0n) is 11.4. The molecule has 1 aromatic rings. The summed E-state index contributed by atoms with van der Waals surface area (Å²) in [4.78, 5) is 21.7. The molecule has 0 saturated heterocycles. The molecule has 0 atom stereocenters. The van der Waals surface area contributed by atoms with Crippen LogP contribution < -0.4 is 14.8 Å². The van der Waals surface area contributed by atoms with Crippen molar-refractivity contribution in [3.05, 3.63) is 24.3 Å². The first kappa shape index (κ1) is 15.8. The van der Waals surface area contributed by atoms with E-state index in [0.717, 1.165) is 5.75 Å². The fourth-order valence-electron chi connectivity index (χ4n) is 1.47. The molecule has 0 saturated carbocycles. The van der Waals surface area contributed by atoms with Gasteiger partial charge in [-0.1, -0.05) is 0 Å². The van der Waals surface area contributed by atoms with E-state index in [-0.39, 0.29) is 18.9 Å². The van der Waals surface area contributed by atoms with Crippen molar-refractivity contribution >= 4 is 11.9 Å². The maximum Gasteiger partial charge on any atom is 0.303 e. The second kappa shape index (κ2) is 8.79. The average molecular weight is 281 g/mol. The topological polar surface area (TPSA) is 84.9 Å². The maximum atomic E-state index is 11.4. The molecule has 1 aromatic carbocycles. The predicted molar refractivity (Wildman–Crippen MR) is 73.0 cm³/mol. The number of carboxylic acid groups (broad SMARTS) is 1. The smallest absolute Gasteiger partial charge is 0.303 e. The van der Waals surface area contributed by atoms with Gasteiger partial charge in [0, 0.05) is 13.0 Å². The third-order valence-corrected chi connectivity index (χ3v) is 2.39. The largest absolute Gasteiger partial charge is 0.494 e. The highest BCUT2D eigenvalue weighted by Crippen LogP contribution is 2.17. The zero-order chi connectivity index (χ0) is 14.8. The number of hydrogen-bond acceptors (Lipinski definition) is 4. The lowest BCUT2D eigenvalue weighted by Gasteiger charge is -2.08. The average Bonchev–Trinajstić information content (AvgIpc) is 2.43.